The third-order valence-electron chi connectivity index (χ3n) is 2.26. The van der Waals surface area contributed by atoms with Crippen molar-refractivity contribution >= 4 is 23.4 Å². The Labute approximate surface area is 99.4 Å². The number of alkyl halides is 1. The lowest BCUT2D eigenvalue weighted by Crippen LogP contribution is -2.06. The third-order valence-corrected chi connectivity index (χ3v) is 2.75. The molecule has 0 aliphatic rings. The Balaban J connectivity index is 2.86. The zero-order valence-electron chi connectivity index (χ0n) is 9.20. The average Bonchev–Trinajstić information content (AvgIpc) is 2.36. The molecule has 3 nitrogen and oxygen atoms in total. The molecular weight excluding hydrogens is 228 g/mol. The molecule has 0 aliphatic carbocycles. The lowest BCUT2D eigenvalue weighted by Gasteiger charge is -2.07. The van der Waals surface area contributed by atoms with Crippen LogP contribution in [0.25, 0.3) is 0 Å². The molecule has 0 aliphatic heterocycles. The topological polar surface area (TPSA) is 43.4 Å². The van der Waals surface area contributed by atoms with E-state index in [-0.39, 0.29) is 5.78 Å². The van der Waals surface area contributed by atoms with Gasteiger partial charge in [-0.15, -0.1) is 11.6 Å². The summed E-state index contributed by atoms with van der Waals surface area (Å²) < 4.78 is 4.57. The summed E-state index contributed by atoms with van der Waals surface area (Å²) in [6.07, 6.45) is 0.396. The highest BCUT2D eigenvalue weighted by molar-refractivity contribution is 6.31. The van der Waals surface area contributed by atoms with E-state index in [0.717, 1.165) is 0 Å². The molecule has 1 aromatic rings. The second-order valence-electron chi connectivity index (χ2n) is 3.30. The van der Waals surface area contributed by atoms with E-state index >= 15 is 0 Å². The van der Waals surface area contributed by atoms with E-state index in [4.69, 9.17) is 11.6 Å². The molecule has 1 aromatic carbocycles. The van der Waals surface area contributed by atoms with E-state index in [1.54, 1.807) is 31.2 Å². The van der Waals surface area contributed by atoms with Crippen LogP contribution in [0.15, 0.2) is 24.3 Å². The van der Waals surface area contributed by atoms with Gasteiger partial charge >= 0.3 is 5.97 Å². The van der Waals surface area contributed by atoms with Crippen molar-refractivity contribution in [3.05, 3.63) is 35.4 Å². The Morgan fingerprint density at radius 1 is 1.31 bits per heavy atom. The number of esters is 1. The molecule has 0 saturated heterocycles. The van der Waals surface area contributed by atoms with Crippen LogP contribution < -0.4 is 0 Å². The molecule has 16 heavy (non-hydrogen) atoms. The summed E-state index contributed by atoms with van der Waals surface area (Å²) in [5, 5.41) is -0.642. The fourth-order valence-electron chi connectivity index (χ4n) is 1.27. The number of methoxy groups -OCH3 is 1. The number of ether oxygens (including phenoxy) is 1. The predicted molar refractivity (Wildman–Crippen MR) is 61.7 cm³/mol. The number of carbonyl (C=O) groups excluding carboxylic acids is 2. The van der Waals surface area contributed by atoms with Crippen LogP contribution in [0.1, 0.15) is 34.6 Å². The molecular formula is C12H13ClO3. The maximum absolute atomic E-state index is 11.4. The van der Waals surface area contributed by atoms with Gasteiger partial charge in [-0.2, -0.15) is 0 Å². The van der Waals surface area contributed by atoms with Crippen LogP contribution in [0.2, 0.25) is 0 Å². The van der Waals surface area contributed by atoms with Crippen LogP contribution >= 0.6 is 11.6 Å². The van der Waals surface area contributed by atoms with Crippen molar-refractivity contribution in [3.8, 4) is 0 Å². The molecule has 86 valence electrons. The Morgan fingerprint density at radius 2 is 1.88 bits per heavy atom. The zero-order chi connectivity index (χ0) is 12.1. The van der Waals surface area contributed by atoms with E-state index in [0.29, 0.717) is 17.5 Å². The molecule has 0 heterocycles. The molecule has 0 spiro atoms. The quantitative estimate of drug-likeness (QED) is 0.600. The van der Waals surface area contributed by atoms with Gasteiger partial charge in [0.1, 0.15) is 5.38 Å². The molecule has 1 rings (SSSR count). The fourth-order valence-corrected chi connectivity index (χ4v) is 1.57. The first-order valence-electron chi connectivity index (χ1n) is 4.95. The molecule has 0 N–H and O–H groups in total. The predicted octanol–water partition coefficient (Wildman–Crippen LogP) is 2.73. The molecule has 4 heteroatoms. The number of halogens is 1. The van der Waals surface area contributed by atoms with Crippen LogP contribution in [-0.2, 0) is 9.53 Å². The summed E-state index contributed by atoms with van der Waals surface area (Å²) in [7, 11) is 1.32. The van der Waals surface area contributed by atoms with Crippen molar-refractivity contribution in [2.45, 2.75) is 18.7 Å². The minimum atomic E-state index is -0.642. The maximum atomic E-state index is 11.4. The SMILES string of the molecule is CCC(=O)C(Cl)c1ccc(C(=O)OC)cc1. The highest BCUT2D eigenvalue weighted by Gasteiger charge is 2.16. The number of rotatable bonds is 4. The lowest BCUT2D eigenvalue weighted by molar-refractivity contribution is -0.118. The van der Waals surface area contributed by atoms with Crippen molar-refractivity contribution in [1.82, 2.24) is 0 Å². The second-order valence-corrected chi connectivity index (χ2v) is 3.73. The van der Waals surface area contributed by atoms with Crippen molar-refractivity contribution in [2.75, 3.05) is 7.11 Å². The van der Waals surface area contributed by atoms with Gasteiger partial charge < -0.3 is 4.74 Å². The van der Waals surface area contributed by atoms with E-state index < -0.39 is 11.3 Å². The van der Waals surface area contributed by atoms with Crippen LogP contribution in [0.4, 0.5) is 0 Å². The van der Waals surface area contributed by atoms with Gasteiger partial charge in [0.05, 0.1) is 12.7 Å². The first-order valence-corrected chi connectivity index (χ1v) is 5.38. The summed E-state index contributed by atoms with van der Waals surface area (Å²) in [6.45, 7) is 1.76. The van der Waals surface area contributed by atoms with Gasteiger partial charge in [0.2, 0.25) is 0 Å². The second kappa shape index (κ2) is 5.66. The van der Waals surface area contributed by atoms with Crippen molar-refractivity contribution in [2.24, 2.45) is 0 Å². The largest absolute Gasteiger partial charge is 0.465 e. The number of benzene rings is 1. The minimum absolute atomic E-state index is 0.0347. The first kappa shape index (κ1) is 12.7. The normalized spacial score (nSPS) is 11.9. The van der Waals surface area contributed by atoms with Gasteiger partial charge in [-0.1, -0.05) is 19.1 Å². The maximum Gasteiger partial charge on any atom is 0.337 e. The number of ketones is 1. The standard InChI is InChI=1S/C12H13ClO3/c1-3-10(14)11(13)8-4-6-9(7-5-8)12(15)16-2/h4-7,11H,3H2,1-2H3. The summed E-state index contributed by atoms with van der Waals surface area (Å²) in [5.74, 6) is -0.438. The number of hydrogen-bond donors (Lipinski definition) is 0. The molecule has 1 unspecified atom stereocenters. The van der Waals surface area contributed by atoms with Gasteiger partial charge in [-0.3, -0.25) is 4.79 Å². The van der Waals surface area contributed by atoms with E-state index in [1.807, 2.05) is 0 Å². The minimum Gasteiger partial charge on any atom is -0.465 e. The molecule has 0 fully saturated rings. The molecule has 0 saturated carbocycles. The van der Waals surface area contributed by atoms with Gasteiger partial charge in [0.25, 0.3) is 0 Å². The van der Waals surface area contributed by atoms with E-state index in [9.17, 15) is 9.59 Å². The molecule has 1 atom stereocenters. The van der Waals surface area contributed by atoms with Gasteiger partial charge in [0.15, 0.2) is 5.78 Å². The highest BCUT2D eigenvalue weighted by Crippen LogP contribution is 2.23. The lowest BCUT2D eigenvalue weighted by atomic mass is 10.1. The van der Waals surface area contributed by atoms with Crippen molar-refractivity contribution in [3.63, 3.8) is 0 Å². The number of Topliss-reactive ketones (excluding diaryl/α,β-unsaturated/α-hetero) is 1. The van der Waals surface area contributed by atoms with Crippen LogP contribution in [0.5, 0.6) is 0 Å². The monoisotopic (exact) mass is 240 g/mol. The smallest absolute Gasteiger partial charge is 0.337 e. The Kier molecular flexibility index (Phi) is 4.50. The summed E-state index contributed by atoms with van der Waals surface area (Å²) in [6, 6.07) is 6.52. The van der Waals surface area contributed by atoms with Crippen molar-refractivity contribution < 1.29 is 14.3 Å². The Bertz CT molecular complexity index is 384. The molecule has 0 bridgehead atoms. The van der Waals surface area contributed by atoms with E-state index in [2.05, 4.69) is 4.74 Å². The molecule has 0 radical (unpaired) electrons. The number of hydrogen-bond acceptors (Lipinski definition) is 3. The Morgan fingerprint density at radius 3 is 2.31 bits per heavy atom. The first-order chi connectivity index (χ1) is 7.60. The fraction of sp³-hybridized carbons (Fsp3) is 0.333. The molecule has 0 aromatic heterocycles. The van der Waals surface area contributed by atoms with Gasteiger partial charge in [0, 0.05) is 6.42 Å². The summed E-state index contributed by atoms with van der Waals surface area (Å²) >= 11 is 5.96. The third kappa shape index (κ3) is 2.83. The summed E-state index contributed by atoms with van der Waals surface area (Å²) in [5.41, 5.74) is 1.14. The van der Waals surface area contributed by atoms with Crippen LogP contribution in [-0.4, -0.2) is 18.9 Å². The number of carbonyl (C=O) groups is 2. The van der Waals surface area contributed by atoms with E-state index in [1.165, 1.54) is 7.11 Å². The zero-order valence-corrected chi connectivity index (χ0v) is 9.95. The van der Waals surface area contributed by atoms with Crippen LogP contribution in [0.3, 0.4) is 0 Å². The average molecular weight is 241 g/mol. The Hall–Kier alpha value is -1.35. The van der Waals surface area contributed by atoms with Crippen LogP contribution in [0, 0.1) is 0 Å². The highest BCUT2D eigenvalue weighted by atomic mass is 35.5. The van der Waals surface area contributed by atoms with Crippen molar-refractivity contribution in [1.29, 1.82) is 0 Å². The summed E-state index contributed by atoms with van der Waals surface area (Å²) in [4.78, 5) is 22.5. The molecule has 0 amide bonds. The van der Waals surface area contributed by atoms with Gasteiger partial charge in [-0.25, -0.2) is 4.79 Å². The van der Waals surface area contributed by atoms with Gasteiger partial charge in [-0.05, 0) is 17.7 Å².